The summed E-state index contributed by atoms with van der Waals surface area (Å²) in [4.78, 5) is 7.00. The van der Waals surface area contributed by atoms with Crippen LogP contribution in [0.15, 0.2) is 36.4 Å². The molecule has 3 rings (SSSR count). The van der Waals surface area contributed by atoms with E-state index in [0.717, 1.165) is 24.6 Å². The summed E-state index contributed by atoms with van der Waals surface area (Å²) in [5.74, 6) is 1.11. The maximum atomic E-state index is 4.69. The normalized spacial score (nSPS) is 14.5. The van der Waals surface area contributed by atoms with Gasteiger partial charge in [-0.1, -0.05) is 24.3 Å². The second-order valence-electron chi connectivity index (χ2n) is 4.43. The van der Waals surface area contributed by atoms with Crippen molar-refractivity contribution >= 4 is 5.82 Å². The standard InChI is InChI=1S/C15H15N2/c1-12-14(13-6-3-2-4-7-13)8-9-15(16-12)17-10-5-11-17/h3-4,6-9H,5,10-11H2,1H3. The monoisotopic (exact) mass is 223 g/mol. The number of hydrogen-bond donors (Lipinski definition) is 0. The average Bonchev–Trinajstić information content (AvgIpc) is 2.28. The lowest BCUT2D eigenvalue weighted by atomic mass is 10.0. The van der Waals surface area contributed by atoms with Crippen molar-refractivity contribution in [3.05, 3.63) is 48.2 Å². The van der Waals surface area contributed by atoms with Crippen LogP contribution in [0.4, 0.5) is 5.82 Å². The molecule has 1 aliphatic rings. The zero-order valence-electron chi connectivity index (χ0n) is 9.98. The summed E-state index contributed by atoms with van der Waals surface area (Å²) in [6.07, 6.45) is 1.29. The molecule has 2 heteroatoms. The summed E-state index contributed by atoms with van der Waals surface area (Å²) in [6, 6.07) is 15.4. The highest BCUT2D eigenvalue weighted by atomic mass is 15.2. The van der Waals surface area contributed by atoms with Crippen LogP contribution in [-0.2, 0) is 0 Å². The van der Waals surface area contributed by atoms with Crippen molar-refractivity contribution in [1.29, 1.82) is 0 Å². The second kappa shape index (κ2) is 4.21. The van der Waals surface area contributed by atoms with Crippen LogP contribution in [0.2, 0.25) is 0 Å². The molecule has 0 unspecified atom stereocenters. The van der Waals surface area contributed by atoms with E-state index in [0.29, 0.717) is 0 Å². The first-order chi connectivity index (χ1) is 8.34. The second-order valence-corrected chi connectivity index (χ2v) is 4.43. The quantitative estimate of drug-likeness (QED) is 0.777. The van der Waals surface area contributed by atoms with Crippen molar-refractivity contribution in [1.82, 2.24) is 4.98 Å². The maximum absolute atomic E-state index is 4.69. The van der Waals surface area contributed by atoms with Crippen molar-refractivity contribution in [2.45, 2.75) is 13.3 Å². The van der Waals surface area contributed by atoms with Gasteiger partial charge in [0.25, 0.3) is 0 Å². The lowest BCUT2D eigenvalue weighted by Crippen LogP contribution is -2.37. The third-order valence-electron chi connectivity index (χ3n) is 3.28. The topological polar surface area (TPSA) is 16.1 Å². The number of pyridine rings is 1. The minimum atomic E-state index is 1.10. The Bertz CT molecular complexity index is 516. The Morgan fingerprint density at radius 3 is 2.47 bits per heavy atom. The molecule has 1 aliphatic heterocycles. The van der Waals surface area contributed by atoms with Crippen molar-refractivity contribution in [3.63, 3.8) is 0 Å². The first-order valence-corrected chi connectivity index (χ1v) is 6.04. The van der Waals surface area contributed by atoms with E-state index < -0.39 is 0 Å². The molecule has 2 aromatic rings. The van der Waals surface area contributed by atoms with E-state index >= 15 is 0 Å². The number of nitrogens with zero attached hydrogens (tertiary/aromatic N) is 2. The van der Waals surface area contributed by atoms with Crippen LogP contribution in [-0.4, -0.2) is 18.1 Å². The van der Waals surface area contributed by atoms with Gasteiger partial charge in [-0.05, 0) is 37.1 Å². The van der Waals surface area contributed by atoms with Gasteiger partial charge < -0.3 is 4.90 Å². The van der Waals surface area contributed by atoms with E-state index in [-0.39, 0.29) is 0 Å². The average molecular weight is 223 g/mol. The number of benzene rings is 1. The van der Waals surface area contributed by atoms with Gasteiger partial charge in [-0.15, -0.1) is 0 Å². The molecule has 0 atom stereocenters. The van der Waals surface area contributed by atoms with Crippen LogP contribution < -0.4 is 4.90 Å². The molecular formula is C15H15N2. The minimum Gasteiger partial charge on any atom is -0.356 e. The fraction of sp³-hybridized carbons (Fsp3) is 0.267. The van der Waals surface area contributed by atoms with Gasteiger partial charge in [-0.3, -0.25) is 0 Å². The smallest absolute Gasteiger partial charge is 0.128 e. The van der Waals surface area contributed by atoms with E-state index in [1.54, 1.807) is 0 Å². The molecule has 0 bridgehead atoms. The molecule has 1 aromatic heterocycles. The lowest BCUT2D eigenvalue weighted by molar-refractivity contribution is 0.609. The number of aromatic nitrogens is 1. The Hall–Kier alpha value is -1.83. The first-order valence-electron chi connectivity index (χ1n) is 6.04. The Morgan fingerprint density at radius 2 is 1.88 bits per heavy atom. The molecule has 85 valence electrons. The summed E-state index contributed by atoms with van der Waals surface area (Å²) >= 11 is 0. The van der Waals surface area contributed by atoms with Crippen molar-refractivity contribution in [2.24, 2.45) is 0 Å². The molecule has 0 amide bonds. The van der Waals surface area contributed by atoms with Gasteiger partial charge in [0.15, 0.2) is 0 Å². The number of rotatable bonds is 2. The highest BCUT2D eigenvalue weighted by Gasteiger charge is 2.16. The zero-order valence-corrected chi connectivity index (χ0v) is 9.98. The molecular weight excluding hydrogens is 208 g/mol. The third-order valence-corrected chi connectivity index (χ3v) is 3.28. The summed E-state index contributed by atoms with van der Waals surface area (Å²) in [6.45, 7) is 4.37. The maximum Gasteiger partial charge on any atom is 0.128 e. The van der Waals surface area contributed by atoms with Crippen molar-refractivity contribution < 1.29 is 0 Å². The predicted octanol–water partition coefficient (Wildman–Crippen LogP) is 3.07. The van der Waals surface area contributed by atoms with Gasteiger partial charge >= 0.3 is 0 Å². The molecule has 0 aliphatic carbocycles. The van der Waals surface area contributed by atoms with Gasteiger partial charge in [0.1, 0.15) is 5.82 Å². The van der Waals surface area contributed by atoms with Crippen LogP contribution in [0, 0.1) is 13.0 Å². The molecule has 2 heterocycles. The number of anilines is 1. The highest BCUT2D eigenvalue weighted by Crippen LogP contribution is 2.26. The molecule has 1 aromatic carbocycles. The fourth-order valence-electron chi connectivity index (χ4n) is 2.14. The lowest BCUT2D eigenvalue weighted by Gasteiger charge is -2.32. The molecule has 0 spiro atoms. The summed E-state index contributed by atoms with van der Waals surface area (Å²) in [7, 11) is 0. The summed E-state index contributed by atoms with van der Waals surface area (Å²) in [5, 5.41) is 0. The van der Waals surface area contributed by atoms with Gasteiger partial charge in [-0.2, -0.15) is 0 Å². The molecule has 0 N–H and O–H groups in total. The van der Waals surface area contributed by atoms with Crippen LogP contribution in [0.3, 0.4) is 0 Å². The summed E-state index contributed by atoms with van der Waals surface area (Å²) in [5.41, 5.74) is 3.52. The number of hydrogen-bond acceptors (Lipinski definition) is 2. The largest absolute Gasteiger partial charge is 0.356 e. The Kier molecular flexibility index (Phi) is 2.56. The zero-order chi connectivity index (χ0) is 11.7. The van der Waals surface area contributed by atoms with E-state index in [9.17, 15) is 0 Å². The van der Waals surface area contributed by atoms with E-state index in [1.807, 2.05) is 12.1 Å². The van der Waals surface area contributed by atoms with Gasteiger partial charge in [0, 0.05) is 24.3 Å². The number of aryl methyl sites for hydroxylation is 1. The van der Waals surface area contributed by atoms with Gasteiger partial charge in [0.05, 0.1) is 0 Å². The molecule has 1 fully saturated rings. The molecule has 1 saturated heterocycles. The Morgan fingerprint density at radius 1 is 1.12 bits per heavy atom. The van der Waals surface area contributed by atoms with Gasteiger partial charge in [-0.25, -0.2) is 4.98 Å². The van der Waals surface area contributed by atoms with Crippen LogP contribution in [0.5, 0.6) is 0 Å². The summed E-state index contributed by atoms with van der Waals surface area (Å²) < 4.78 is 0. The molecule has 2 nitrogen and oxygen atoms in total. The van der Waals surface area contributed by atoms with Crippen molar-refractivity contribution in [2.75, 3.05) is 18.0 Å². The van der Waals surface area contributed by atoms with Crippen LogP contribution in [0.1, 0.15) is 12.1 Å². The predicted molar refractivity (Wildman–Crippen MR) is 70.1 cm³/mol. The highest BCUT2D eigenvalue weighted by molar-refractivity contribution is 5.67. The molecule has 0 saturated carbocycles. The molecule has 17 heavy (non-hydrogen) atoms. The Labute approximate surface area is 102 Å². The van der Waals surface area contributed by atoms with E-state index in [1.165, 1.54) is 17.5 Å². The van der Waals surface area contributed by atoms with E-state index in [2.05, 4.69) is 47.1 Å². The third kappa shape index (κ3) is 1.91. The molecule has 1 radical (unpaired) electrons. The Balaban J connectivity index is 1.96. The van der Waals surface area contributed by atoms with E-state index in [4.69, 9.17) is 0 Å². The van der Waals surface area contributed by atoms with Crippen LogP contribution >= 0.6 is 0 Å². The van der Waals surface area contributed by atoms with Crippen LogP contribution in [0.25, 0.3) is 11.1 Å². The van der Waals surface area contributed by atoms with Gasteiger partial charge in [0.2, 0.25) is 0 Å². The SMILES string of the molecule is Cc1nc(N2CCC2)ccc1-c1cc[c]cc1. The first kappa shape index (κ1) is 10.3. The van der Waals surface area contributed by atoms with Crippen molar-refractivity contribution in [3.8, 4) is 11.1 Å². The fourth-order valence-corrected chi connectivity index (χ4v) is 2.14. The minimum absolute atomic E-state index is 1.10.